The summed E-state index contributed by atoms with van der Waals surface area (Å²) >= 11 is 0. The maximum absolute atomic E-state index is 6.34. The molecule has 230 valence electrons. The van der Waals surface area contributed by atoms with E-state index < -0.39 is 14.2 Å². The lowest BCUT2D eigenvalue weighted by Gasteiger charge is -2.32. The Labute approximate surface area is 269 Å². The van der Waals surface area contributed by atoms with E-state index in [1.165, 1.54) is 35.1 Å². The highest BCUT2D eigenvalue weighted by Crippen LogP contribution is 2.40. The highest BCUT2D eigenvalue weighted by atomic mass is 16.7. The number of rotatable bonds is 6. The Balaban J connectivity index is 1.24. The van der Waals surface area contributed by atoms with Gasteiger partial charge in [0, 0.05) is 17.1 Å². The lowest BCUT2D eigenvalue weighted by atomic mass is 9.79. The normalized spacial score (nSPS) is 20.5. The standard InChI is InChI=1S/C38H43B2NO4/c1-35(2)36(3,4)43-39(42-35)30-16-20-32(21-17-30)41(33-22-18-31(19-23-33)40-44-37(5,6)38(7,8)45-40)34-11-9-10-27(25-34)29-15-13-26-12-14-28(26)24-29/h9-11,13,15-25H,12,14H2,1-8H3. The van der Waals surface area contributed by atoms with E-state index in [2.05, 4.69) is 151 Å². The van der Waals surface area contributed by atoms with Crippen molar-refractivity contribution >= 4 is 42.2 Å². The summed E-state index contributed by atoms with van der Waals surface area (Å²) in [5.41, 5.74) is 9.03. The van der Waals surface area contributed by atoms with E-state index in [0.29, 0.717) is 0 Å². The fraction of sp³-hybridized carbons (Fsp3) is 0.368. The van der Waals surface area contributed by atoms with E-state index in [9.17, 15) is 0 Å². The van der Waals surface area contributed by atoms with Crippen LogP contribution in [0.2, 0.25) is 0 Å². The molecule has 0 radical (unpaired) electrons. The van der Waals surface area contributed by atoms with Gasteiger partial charge in [0.05, 0.1) is 22.4 Å². The summed E-state index contributed by atoms with van der Waals surface area (Å²) in [6.45, 7) is 16.7. The second kappa shape index (κ2) is 10.6. The summed E-state index contributed by atoms with van der Waals surface area (Å²) < 4.78 is 25.4. The van der Waals surface area contributed by atoms with E-state index in [0.717, 1.165) is 28.0 Å². The summed E-state index contributed by atoms with van der Waals surface area (Å²) in [6, 6.07) is 32.8. The Hall–Kier alpha value is -3.35. The van der Waals surface area contributed by atoms with Crippen molar-refractivity contribution in [1.29, 1.82) is 0 Å². The Kier molecular flexibility index (Phi) is 7.14. The van der Waals surface area contributed by atoms with Gasteiger partial charge in [-0.1, -0.05) is 54.6 Å². The minimum Gasteiger partial charge on any atom is -0.399 e. The zero-order chi connectivity index (χ0) is 31.8. The van der Waals surface area contributed by atoms with E-state index in [4.69, 9.17) is 18.6 Å². The lowest BCUT2D eigenvalue weighted by Crippen LogP contribution is -2.41. The molecule has 0 aromatic heterocycles. The summed E-state index contributed by atoms with van der Waals surface area (Å²) in [5, 5.41) is 0. The molecule has 45 heavy (non-hydrogen) atoms. The number of anilines is 3. The minimum absolute atomic E-state index is 0.389. The van der Waals surface area contributed by atoms with Crippen molar-refractivity contribution in [3.05, 3.63) is 102 Å². The number of fused-ring (bicyclic) bond motifs is 1. The first-order valence-electron chi connectivity index (χ1n) is 16.2. The summed E-state index contributed by atoms with van der Waals surface area (Å²) in [7, 11) is -0.813. The van der Waals surface area contributed by atoms with Gasteiger partial charge in [-0.05, 0) is 138 Å². The molecule has 2 aliphatic heterocycles. The molecule has 0 amide bonds. The van der Waals surface area contributed by atoms with Gasteiger partial charge in [0.2, 0.25) is 0 Å². The molecule has 4 aromatic rings. The highest BCUT2D eigenvalue weighted by molar-refractivity contribution is 6.62. The van der Waals surface area contributed by atoms with Crippen LogP contribution in [-0.4, -0.2) is 36.6 Å². The van der Waals surface area contributed by atoms with Crippen LogP contribution in [0.3, 0.4) is 0 Å². The minimum atomic E-state index is -0.407. The van der Waals surface area contributed by atoms with Crippen molar-refractivity contribution in [2.24, 2.45) is 0 Å². The van der Waals surface area contributed by atoms with Gasteiger partial charge in [0.1, 0.15) is 0 Å². The van der Waals surface area contributed by atoms with Gasteiger partial charge in [0.25, 0.3) is 0 Å². The van der Waals surface area contributed by atoms with E-state index in [-0.39, 0.29) is 22.4 Å². The molecular formula is C38H43B2NO4. The molecule has 0 bridgehead atoms. The third kappa shape index (κ3) is 5.34. The molecular weight excluding hydrogens is 556 g/mol. The second-order valence-electron chi connectivity index (χ2n) is 14.7. The van der Waals surface area contributed by atoms with Crippen LogP contribution in [0.4, 0.5) is 17.1 Å². The number of hydrogen-bond donors (Lipinski definition) is 0. The van der Waals surface area contributed by atoms with Crippen LogP contribution in [0.1, 0.15) is 66.5 Å². The van der Waals surface area contributed by atoms with Crippen molar-refractivity contribution in [3.8, 4) is 11.1 Å². The van der Waals surface area contributed by atoms with Gasteiger partial charge in [0.15, 0.2) is 0 Å². The van der Waals surface area contributed by atoms with E-state index in [1.807, 2.05) is 0 Å². The molecule has 2 heterocycles. The zero-order valence-electron chi connectivity index (χ0n) is 27.8. The lowest BCUT2D eigenvalue weighted by molar-refractivity contribution is 0.00578. The Bertz CT molecular complexity index is 1620. The van der Waals surface area contributed by atoms with Crippen LogP contribution in [0.5, 0.6) is 0 Å². The average Bonchev–Trinajstić information content (AvgIpc) is 3.34. The van der Waals surface area contributed by atoms with Crippen LogP contribution in [0.25, 0.3) is 11.1 Å². The predicted molar refractivity (Wildman–Crippen MR) is 185 cm³/mol. The molecule has 3 aliphatic rings. The fourth-order valence-electron chi connectivity index (χ4n) is 6.17. The molecule has 5 nitrogen and oxygen atoms in total. The molecule has 2 fully saturated rings. The van der Waals surface area contributed by atoms with Gasteiger partial charge in [-0.2, -0.15) is 0 Å². The van der Waals surface area contributed by atoms with Crippen LogP contribution < -0.4 is 15.8 Å². The SMILES string of the molecule is CC1(C)OB(c2ccc(N(c3ccc(B4OC(C)(C)C(C)(C)O4)cc3)c3cccc(-c4ccc5c(c4)CC5)c3)cc2)OC1(C)C. The molecule has 4 aromatic carbocycles. The van der Waals surface area contributed by atoms with Gasteiger partial charge >= 0.3 is 14.2 Å². The largest absolute Gasteiger partial charge is 0.494 e. The van der Waals surface area contributed by atoms with Gasteiger partial charge in [-0.15, -0.1) is 0 Å². The molecule has 1 aliphatic carbocycles. The van der Waals surface area contributed by atoms with Crippen molar-refractivity contribution in [1.82, 2.24) is 0 Å². The highest BCUT2D eigenvalue weighted by Gasteiger charge is 2.52. The molecule has 0 unspecified atom stereocenters. The Morgan fingerprint density at radius 2 is 0.911 bits per heavy atom. The quantitative estimate of drug-likeness (QED) is 0.215. The number of benzene rings is 4. The van der Waals surface area contributed by atoms with E-state index in [1.54, 1.807) is 0 Å². The molecule has 7 heteroatoms. The average molecular weight is 599 g/mol. The predicted octanol–water partition coefficient (Wildman–Crippen LogP) is 7.52. The van der Waals surface area contributed by atoms with Crippen molar-refractivity contribution in [2.45, 2.75) is 90.6 Å². The van der Waals surface area contributed by atoms with Gasteiger partial charge in [-0.3, -0.25) is 0 Å². The molecule has 0 atom stereocenters. The second-order valence-corrected chi connectivity index (χ2v) is 14.7. The van der Waals surface area contributed by atoms with Crippen molar-refractivity contribution in [2.75, 3.05) is 4.90 Å². The fourth-order valence-corrected chi connectivity index (χ4v) is 6.17. The first kappa shape index (κ1) is 30.3. The van der Waals surface area contributed by atoms with Crippen molar-refractivity contribution < 1.29 is 18.6 Å². The zero-order valence-corrected chi connectivity index (χ0v) is 27.8. The first-order valence-corrected chi connectivity index (χ1v) is 16.2. The maximum Gasteiger partial charge on any atom is 0.494 e. The first-order chi connectivity index (χ1) is 21.2. The van der Waals surface area contributed by atoms with Crippen LogP contribution >= 0.6 is 0 Å². The molecule has 0 saturated carbocycles. The Morgan fingerprint density at radius 3 is 1.33 bits per heavy atom. The van der Waals surface area contributed by atoms with Crippen LogP contribution in [0, 0.1) is 0 Å². The van der Waals surface area contributed by atoms with Crippen LogP contribution in [-0.2, 0) is 31.5 Å². The van der Waals surface area contributed by atoms with E-state index >= 15 is 0 Å². The molecule has 0 N–H and O–H groups in total. The summed E-state index contributed by atoms with van der Waals surface area (Å²) in [4.78, 5) is 2.30. The third-order valence-corrected chi connectivity index (χ3v) is 10.7. The smallest absolute Gasteiger partial charge is 0.399 e. The summed E-state index contributed by atoms with van der Waals surface area (Å²) in [5.74, 6) is 0. The maximum atomic E-state index is 6.34. The summed E-state index contributed by atoms with van der Waals surface area (Å²) in [6.07, 6.45) is 2.35. The number of aryl methyl sites for hydroxylation is 2. The van der Waals surface area contributed by atoms with Gasteiger partial charge < -0.3 is 23.5 Å². The molecule has 2 saturated heterocycles. The molecule has 0 spiro atoms. The van der Waals surface area contributed by atoms with Crippen molar-refractivity contribution in [3.63, 3.8) is 0 Å². The Morgan fingerprint density at radius 1 is 0.467 bits per heavy atom. The third-order valence-electron chi connectivity index (χ3n) is 10.7. The topological polar surface area (TPSA) is 40.2 Å². The monoisotopic (exact) mass is 599 g/mol. The van der Waals surface area contributed by atoms with Gasteiger partial charge in [-0.25, -0.2) is 0 Å². The number of nitrogens with zero attached hydrogens (tertiary/aromatic N) is 1. The number of hydrogen-bond acceptors (Lipinski definition) is 5. The molecule has 7 rings (SSSR count). The van der Waals surface area contributed by atoms with Crippen LogP contribution in [0.15, 0.2) is 91.0 Å².